The number of aliphatic hydroxyl groups excluding tert-OH is 1. The highest BCUT2D eigenvalue weighted by molar-refractivity contribution is 7.87. The molecule has 0 aromatic carbocycles. The molecule has 0 spiro atoms. The van der Waals surface area contributed by atoms with Crippen LogP contribution in [0.3, 0.4) is 0 Å². The Balaban J connectivity index is 3.30. The predicted octanol–water partition coefficient (Wildman–Crippen LogP) is 0.0249. The molecule has 0 aliphatic heterocycles. The fourth-order valence-corrected chi connectivity index (χ4v) is 2.70. The van der Waals surface area contributed by atoms with Gasteiger partial charge in [-0.3, -0.25) is 0 Å². The van der Waals surface area contributed by atoms with E-state index >= 15 is 0 Å². The molecule has 98 valence electrons. The molecule has 1 N–H and O–H groups in total. The molecular formula is C10H19N3O3S. The highest BCUT2D eigenvalue weighted by Gasteiger charge is 2.23. The third kappa shape index (κ3) is 2.85. The van der Waals surface area contributed by atoms with Crippen LogP contribution >= 0.6 is 0 Å². The minimum atomic E-state index is -3.56. The zero-order valence-electron chi connectivity index (χ0n) is 10.4. The zero-order chi connectivity index (χ0) is 13.1. The molecule has 0 radical (unpaired) electrons. The van der Waals surface area contributed by atoms with E-state index in [0.717, 1.165) is 10.7 Å². The number of imidazole rings is 1. The molecule has 0 saturated heterocycles. The summed E-state index contributed by atoms with van der Waals surface area (Å²) in [5.74, 6) is 0.518. The lowest BCUT2D eigenvalue weighted by atomic mass is 10.3. The van der Waals surface area contributed by atoms with E-state index in [2.05, 4.69) is 4.98 Å². The first-order valence-corrected chi connectivity index (χ1v) is 6.94. The summed E-state index contributed by atoms with van der Waals surface area (Å²) in [4.78, 5) is 4.12. The highest BCUT2D eigenvalue weighted by atomic mass is 32.2. The first-order chi connectivity index (χ1) is 7.95. The van der Waals surface area contributed by atoms with Crippen molar-refractivity contribution in [1.82, 2.24) is 13.3 Å². The van der Waals surface area contributed by atoms with Crippen LogP contribution in [0.1, 0.15) is 24.9 Å². The maximum atomic E-state index is 12.2. The molecule has 1 heterocycles. The van der Waals surface area contributed by atoms with Gasteiger partial charge in [-0.25, -0.2) is 8.96 Å². The minimum absolute atomic E-state index is 0.0970. The molecule has 0 aliphatic rings. The Bertz CT molecular complexity index is 442. The number of rotatable bonds is 6. The molecule has 0 fully saturated rings. The van der Waals surface area contributed by atoms with E-state index < -0.39 is 10.2 Å². The lowest BCUT2D eigenvalue weighted by molar-refractivity contribution is 0.297. The monoisotopic (exact) mass is 261 g/mol. The molecule has 0 saturated carbocycles. The molecule has 0 unspecified atom stereocenters. The summed E-state index contributed by atoms with van der Waals surface area (Å²) in [5, 5.41) is 8.94. The Morgan fingerprint density at radius 3 is 2.53 bits per heavy atom. The number of aryl methyl sites for hydroxylation is 1. The molecule has 6 nitrogen and oxygen atoms in total. The van der Waals surface area contributed by atoms with Crippen molar-refractivity contribution in [2.45, 2.75) is 26.2 Å². The molecule has 0 bridgehead atoms. The van der Waals surface area contributed by atoms with Crippen molar-refractivity contribution in [3.05, 3.63) is 17.7 Å². The molecule has 17 heavy (non-hydrogen) atoms. The van der Waals surface area contributed by atoms with Gasteiger partial charge in [0.15, 0.2) is 0 Å². The van der Waals surface area contributed by atoms with Crippen molar-refractivity contribution in [3.63, 3.8) is 0 Å². The van der Waals surface area contributed by atoms with Crippen LogP contribution in [0.15, 0.2) is 6.20 Å². The van der Waals surface area contributed by atoms with Crippen molar-refractivity contribution in [3.8, 4) is 0 Å². The molecule has 1 rings (SSSR count). The molecule has 1 aromatic heterocycles. The van der Waals surface area contributed by atoms with Gasteiger partial charge in [0.1, 0.15) is 5.82 Å². The molecule has 1 aromatic rings. The van der Waals surface area contributed by atoms with Gasteiger partial charge >= 0.3 is 10.2 Å². The summed E-state index contributed by atoms with van der Waals surface area (Å²) in [6, 6.07) is 0. The summed E-state index contributed by atoms with van der Waals surface area (Å²) in [6.45, 7) is 1.87. The van der Waals surface area contributed by atoms with Crippen LogP contribution in [0, 0.1) is 0 Å². The standard InChI is InChI=1S/C10H19N3O3S/c1-4-5-10-11-8-9(6-7-14)13(10)17(15,16)12(2)3/h8,14H,4-7H2,1-3H3. The topological polar surface area (TPSA) is 75.4 Å². The quantitative estimate of drug-likeness (QED) is 0.783. The molecule has 0 aliphatic carbocycles. The molecule has 0 amide bonds. The number of hydrogen-bond acceptors (Lipinski definition) is 4. The second kappa shape index (κ2) is 5.61. The van der Waals surface area contributed by atoms with Crippen LogP contribution in [-0.2, 0) is 23.1 Å². The van der Waals surface area contributed by atoms with E-state index in [1.54, 1.807) is 0 Å². The summed E-state index contributed by atoms with van der Waals surface area (Å²) < 4.78 is 26.7. The van der Waals surface area contributed by atoms with Crippen molar-refractivity contribution >= 4 is 10.2 Å². The second-order valence-corrected chi connectivity index (χ2v) is 5.94. The van der Waals surface area contributed by atoms with E-state index in [1.807, 2.05) is 6.92 Å². The smallest absolute Gasteiger partial charge is 0.308 e. The van der Waals surface area contributed by atoms with Gasteiger partial charge in [-0.1, -0.05) is 6.92 Å². The fourth-order valence-electron chi connectivity index (χ4n) is 1.53. The molecule has 7 heteroatoms. The van der Waals surface area contributed by atoms with Gasteiger partial charge in [0.2, 0.25) is 0 Å². The van der Waals surface area contributed by atoms with Gasteiger partial charge in [0.05, 0.1) is 5.69 Å². The van der Waals surface area contributed by atoms with E-state index in [4.69, 9.17) is 5.11 Å². The normalized spacial score (nSPS) is 12.3. The first-order valence-electron chi connectivity index (χ1n) is 5.54. The Hall–Kier alpha value is -0.920. The Labute approximate surface area is 102 Å². The van der Waals surface area contributed by atoms with E-state index in [-0.39, 0.29) is 13.0 Å². The van der Waals surface area contributed by atoms with Gasteiger partial charge in [-0.2, -0.15) is 12.7 Å². The van der Waals surface area contributed by atoms with Crippen LogP contribution in [0.4, 0.5) is 0 Å². The van der Waals surface area contributed by atoms with Crippen LogP contribution in [0.2, 0.25) is 0 Å². The number of nitrogens with zero attached hydrogens (tertiary/aromatic N) is 3. The van der Waals surface area contributed by atoms with Crippen molar-refractivity contribution < 1.29 is 13.5 Å². The van der Waals surface area contributed by atoms with Crippen molar-refractivity contribution in [2.75, 3.05) is 20.7 Å². The number of aromatic nitrogens is 2. The summed E-state index contributed by atoms with van der Waals surface area (Å²) >= 11 is 0. The third-order valence-corrected chi connectivity index (χ3v) is 4.22. The number of hydrogen-bond donors (Lipinski definition) is 1. The second-order valence-electron chi connectivity index (χ2n) is 3.94. The lowest BCUT2D eigenvalue weighted by Crippen LogP contribution is -2.31. The Morgan fingerprint density at radius 2 is 2.06 bits per heavy atom. The lowest BCUT2D eigenvalue weighted by Gasteiger charge is -2.16. The summed E-state index contributed by atoms with van der Waals surface area (Å²) in [5.41, 5.74) is 0.518. The SMILES string of the molecule is CCCc1ncc(CCO)n1S(=O)(=O)N(C)C. The van der Waals surface area contributed by atoms with E-state index in [0.29, 0.717) is 17.9 Å². The van der Waals surface area contributed by atoms with Gasteiger partial charge in [0.25, 0.3) is 0 Å². The molecule has 0 atom stereocenters. The average Bonchev–Trinajstić information content (AvgIpc) is 2.62. The average molecular weight is 261 g/mol. The summed E-state index contributed by atoms with van der Waals surface area (Å²) in [7, 11) is -0.603. The third-order valence-electron chi connectivity index (χ3n) is 2.39. The van der Waals surface area contributed by atoms with Gasteiger partial charge in [-0.15, -0.1) is 0 Å². The van der Waals surface area contributed by atoms with E-state index in [1.165, 1.54) is 24.3 Å². The summed E-state index contributed by atoms with van der Waals surface area (Å²) in [6.07, 6.45) is 3.21. The van der Waals surface area contributed by atoms with Gasteiger partial charge < -0.3 is 5.11 Å². The number of aliphatic hydroxyl groups is 1. The maximum Gasteiger partial charge on any atom is 0.308 e. The Kier molecular flexibility index (Phi) is 4.67. The predicted molar refractivity (Wildman–Crippen MR) is 65.0 cm³/mol. The van der Waals surface area contributed by atoms with E-state index in [9.17, 15) is 8.42 Å². The molecular weight excluding hydrogens is 242 g/mol. The van der Waals surface area contributed by atoms with Crippen LogP contribution in [0.5, 0.6) is 0 Å². The maximum absolute atomic E-state index is 12.2. The zero-order valence-corrected chi connectivity index (χ0v) is 11.2. The Morgan fingerprint density at radius 1 is 1.41 bits per heavy atom. The van der Waals surface area contributed by atoms with Gasteiger partial charge in [-0.05, 0) is 6.42 Å². The van der Waals surface area contributed by atoms with Gasteiger partial charge in [0, 0.05) is 39.7 Å². The van der Waals surface area contributed by atoms with Crippen LogP contribution < -0.4 is 0 Å². The highest BCUT2D eigenvalue weighted by Crippen LogP contribution is 2.14. The van der Waals surface area contributed by atoms with Crippen LogP contribution in [0.25, 0.3) is 0 Å². The fraction of sp³-hybridized carbons (Fsp3) is 0.700. The minimum Gasteiger partial charge on any atom is -0.396 e. The first kappa shape index (κ1) is 14.1. The van der Waals surface area contributed by atoms with Crippen LogP contribution in [-0.4, -0.2) is 47.5 Å². The largest absolute Gasteiger partial charge is 0.396 e. The van der Waals surface area contributed by atoms with Crippen molar-refractivity contribution in [1.29, 1.82) is 0 Å². The van der Waals surface area contributed by atoms with Crippen molar-refractivity contribution in [2.24, 2.45) is 0 Å².